The molecule has 0 spiro atoms. The van der Waals surface area contributed by atoms with E-state index in [0.717, 1.165) is 0 Å². The van der Waals surface area contributed by atoms with Crippen molar-refractivity contribution < 1.29 is 9.90 Å². The third kappa shape index (κ3) is 1.60. The summed E-state index contributed by atoms with van der Waals surface area (Å²) < 4.78 is 0. The number of nitrogen functional groups attached to an aromatic ring is 1. The number of nitrogens with two attached hydrogens (primary N) is 1. The summed E-state index contributed by atoms with van der Waals surface area (Å²) in [5.74, 6) is -0.0611. The van der Waals surface area contributed by atoms with Gasteiger partial charge in [-0.05, 0) is 17.9 Å². The van der Waals surface area contributed by atoms with Crippen LogP contribution in [0.4, 0.5) is 5.69 Å². The van der Waals surface area contributed by atoms with E-state index in [1.807, 2.05) is 0 Å². The lowest BCUT2D eigenvalue weighted by Gasteiger charge is -2.14. The number of aliphatic hydroxyl groups excluding tert-OH is 1. The summed E-state index contributed by atoms with van der Waals surface area (Å²) in [6.07, 6.45) is 0.289. The van der Waals surface area contributed by atoms with Gasteiger partial charge in [0.1, 0.15) is 4.88 Å². The molecule has 76 valence electrons. The maximum absolute atomic E-state index is 11.8. The van der Waals surface area contributed by atoms with Crippen LogP contribution in [0.25, 0.3) is 0 Å². The number of hydrogen-bond donors (Lipinski definition) is 2. The number of rotatable bonds is 1. The number of aliphatic hydroxyl groups is 1. The molecule has 1 aromatic heterocycles. The number of amides is 1. The average molecular weight is 212 g/mol. The van der Waals surface area contributed by atoms with Gasteiger partial charge < -0.3 is 15.7 Å². The highest BCUT2D eigenvalue weighted by molar-refractivity contribution is 7.12. The lowest BCUT2D eigenvalue weighted by Crippen LogP contribution is -2.29. The predicted molar refractivity (Wildman–Crippen MR) is 55.3 cm³/mol. The monoisotopic (exact) mass is 212 g/mol. The zero-order chi connectivity index (χ0) is 10.1. The fourth-order valence-electron chi connectivity index (χ4n) is 1.56. The minimum absolute atomic E-state index is 0.0611. The predicted octanol–water partition coefficient (Wildman–Crippen LogP) is 0.537. The molecule has 0 aliphatic carbocycles. The summed E-state index contributed by atoms with van der Waals surface area (Å²) in [4.78, 5) is 14.0. The molecule has 0 aromatic carbocycles. The molecule has 1 amide bonds. The van der Waals surface area contributed by atoms with Crippen LogP contribution in [0.2, 0.25) is 0 Å². The molecule has 2 rings (SSSR count). The van der Waals surface area contributed by atoms with E-state index in [4.69, 9.17) is 5.73 Å². The topological polar surface area (TPSA) is 66.6 Å². The van der Waals surface area contributed by atoms with Crippen LogP contribution >= 0.6 is 11.3 Å². The second-order valence-corrected chi connectivity index (χ2v) is 4.31. The molecule has 0 saturated carbocycles. The molecule has 1 aliphatic heterocycles. The molecule has 0 radical (unpaired) electrons. The van der Waals surface area contributed by atoms with Crippen LogP contribution in [-0.2, 0) is 0 Å². The maximum Gasteiger partial charge on any atom is 0.266 e. The smallest absolute Gasteiger partial charge is 0.266 e. The summed E-state index contributed by atoms with van der Waals surface area (Å²) in [6, 6.07) is 1.73. The molecule has 0 bridgehead atoms. The quantitative estimate of drug-likeness (QED) is 0.714. The van der Waals surface area contributed by atoms with Gasteiger partial charge in [-0.25, -0.2) is 0 Å². The van der Waals surface area contributed by atoms with Crippen LogP contribution in [0.1, 0.15) is 16.1 Å². The summed E-state index contributed by atoms with van der Waals surface area (Å²) in [7, 11) is 0. The van der Waals surface area contributed by atoms with Gasteiger partial charge in [-0.3, -0.25) is 4.79 Å². The van der Waals surface area contributed by atoms with Gasteiger partial charge in [0.25, 0.3) is 5.91 Å². The van der Waals surface area contributed by atoms with Gasteiger partial charge in [0.2, 0.25) is 0 Å². The minimum atomic E-state index is -0.375. The Morgan fingerprint density at radius 1 is 1.71 bits per heavy atom. The Labute approximate surface area is 85.9 Å². The highest BCUT2D eigenvalue weighted by Gasteiger charge is 2.26. The van der Waals surface area contributed by atoms with Crippen LogP contribution in [0.5, 0.6) is 0 Å². The second-order valence-electron chi connectivity index (χ2n) is 3.40. The molecule has 3 N–H and O–H groups in total. The minimum Gasteiger partial charge on any atom is -0.397 e. The van der Waals surface area contributed by atoms with Gasteiger partial charge in [-0.1, -0.05) is 0 Å². The zero-order valence-electron chi connectivity index (χ0n) is 7.64. The number of β-amino-alcohol motifs (C(OH)–C–C–N with tert-alkyl or cyclic N) is 1. The summed E-state index contributed by atoms with van der Waals surface area (Å²) in [6.45, 7) is 1.05. The molecular weight excluding hydrogens is 200 g/mol. The molecule has 5 heteroatoms. The fraction of sp³-hybridized carbons (Fsp3) is 0.444. The Bertz CT molecular complexity index is 350. The SMILES string of the molecule is Nc1ccsc1C(=O)N1CC[C@H](O)C1. The Morgan fingerprint density at radius 3 is 3.00 bits per heavy atom. The van der Waals surface area contributed by atoms with E-state index in [1.165, 1.54) is 11.3 Å². The summed E-state index contributed by atoms with van der Waals surface area (Å²) in [5.41, 5.74) is 6.17. The average Bonchev–Trinajstić information content (AvgIpc) is 2.73. The third-order valence-electron chi connectivity index (χ3n) is 2.34. The number of carbonyl (C=O) groups excluding carboxylic acids is 1. The Morgan fingerprint density at radius 2 is 2.50 bits per heavy atom. The van der Waals surface area contributed by atoms with Crippen molar-refractivity contribution in [2.75, 3.05) is 18.8 Å². The fourth-order valence-corrected chi connectivity index (χ4v) is 2.35. The van der Waals surface area contributed by atoms with Gasteiger partial charge in [-0.2, -0.15) is 0 Å². The summed E-state index contributed by atoms with van der Waals surface area (Å²) >= 11 is 1.35. The van der Waals surface area contributed by atoms with Crippen LogP contribution in [0.15, 0.2) is 11.4 Å². The molecule has 0 unspecified atom stereocenters. The summed E-state index contributed by atoms with van der Waals surface area (Å²) in [5, 5.41) is 11.1. The van der Waals surface area contributed by atoms with Crippen LogP contribution in [-0.4, -0.2) is 35.1 Å². The van der Waals surface area contributed by atoms with Gasteiger partial charge in [0.05, 0.1) is 11.8 Å². The van der Waals surface area contributed by atoms with E-state index in [-0.39, 0.29) is 12.0 Å². The highest BCUT2D eigenvalue weighted by atomic mass is 32.1. The van der Waals surface area contributed by atoms with Gasteiger partial charge in [0, 0.05) is 13.1 Å². The maximum atomic E-state index is 11.8. The normalized spacial score (nSPS) is 21.5. The largest absolute Gasteiger partial charge is 0.397 e. The van der Waals surface area contributed by atoms with E-state index < -0.39 is 0 Å². The lowest BCUT2D eigenvalue weighted by atomic mass is 10.3. The Hall–Kier alpha value is -1.07. The number of hydrogen-bond acceptors (Lipinski definition) is 4. The van der Waals surface area contributed by atoms with Crippen molar-refractivity contribution in [3.05, 3.63) is 16.3 Å². The standard InChI is InChI=1S/C9H12N2O2S/c10-7-2-4-14-8(7)9(13)11-3-1-6(12)5-11/h2,4,6,12H,1,3,5,10H2/t6-/m0/s1. The second kappa shape index (κ2) is 3.59. The first-order valence-corrected chi connectivity index (χ1v) is 5.37. The molecule has 4 nitrogen and oxygen atoms in total. The van der Waals surface area contributed by atoms with Crippen LogP contribution in [0, 0.1) is 0 Å². The number of nitrogens with zero attached hydrogens (tertiary/aromatic N) is 1. The van der Waals surface area contributed by atoms with E-state index in [1.54, 1.807) is 16.3 Å². The van der Waals surface area contributed by atoms with Gasteiger partial charge in [-0.15, -0.1) is 11.3 Å². The van der Waals surface area contributed by atoms with Crippen LogP contribution < -0.4 is 5.73 Å². The Balaban J connectivity index is 2.13. The van der Waals surface area contributed by atoms with E-state index in [2.05, 4.69) is 0 Å². The van der Waals surface area contributed by atoms with Crippen molar-refractivity contribution in [1.29, 1.82) is 0 Å². The van der Waals surface area contributed by atoms with E-state index in [0.29, 0.717) is 30.1 Å². The molecule has 14 heavy (non-hydrogen) atoms. The van der Waals surface area contributed by atoms with Crippen molar-refractivity contribution in [3.8, 4) is 0 Å². The molecule has 1 fully saturated rings. The van der Waals surface area contributed by atoms with Crippen molar-refractivity contribution in [2.24, 2.45) is 0 Å². The first-order chi connectivity index (χ1) is 6.68. The van der Waals surface area contributed by atoms with Crippen molar-refractivity contribution >= 4 is 22.9 Å². The number of anilines is 1. The third-order valence-corrected chi connectivity index (χ3v) is 3.26. The first-order valence-electron chi connectivity index (χ1n) is 4.49. The number of carbonyl (C=O) groups is 1. The molecule has 2 heterocycles. The highest BCUT2D eigenvalue weighted by Crippen LogP contribution is 2.22. The molecule has 1 aliphatic rings. The van der Waals surface area contributed by atoms with E-state index >= 15 is 0 Å². The zero-order valence-corrected chi connectivity index (χ0v) is 8.46. The van der Waals surface area contributed by atoms with E-state index in [9.17, 15) is 9.90 Å². The lowest BCUT2D eigenvalue weighted by molar-refractivity contribution is 0.0770. The van der Waals surface area contributed by atoms with Gasteiger partial charge in [0.15, 0.2) is 0 Å². The number of likely N-dealkylation sites (tertiary alicyclic amines) is 1. The Kier molecular flexibility index (Phi) is 2.43. The number of thiophene rings is 1. The van der Waals surface area contributed by atoms with Gasteiger partial charge >= 0.3 is 0 Å². The molecule has 1 atom stereocenters. The first kappa shape index (κ1) is 9.48. The molecule has 1 saturated heterocycles. The van der Waals surface area contributed by atoms with Crippen molar-refractivity contribution in [2.45, 2.75) is 12.5 Å². The molecule has 1 aromatic rings. The van der Waals surface area contributed by atoms with Crippen molar-refractivity contribution in [3.63, 3.8) is 0 Å². The molecular formula is C9H12N2O2S. The van der Waals surface area contributed by atoms with Crippen LogP contribution in [0.3, 0.4) is 0 Å². The van der Waals surface area contributed by atoms with Crippen molar-refractivity contribution in [1.82, 2.24) is 4.90 Å².